The Morgan fingerprint density at radius 3 is 2.68 bits per heavy atom. The maximum Gasteiger partial charge on any atom is 0.170 e. The molecule has 0 spiro atoms. The molecule has 2 heterocycles. The molecule has 0 aliphatic heterocycles. The lowest BCUT2D eigenvalue weighted by Gasteiger charge is -2.05. The van der Waals surface area contributed by atoms with Crippen LogP contribution in [0.15, 0.2) is 18.3 Å². The number of aromatic nitrogens is 4. The van der Waals surface area contributed by atoms with E-state index in [1.807, 2.05) is 23.9 Å². The van der Waals surface area contributed by atoms with Gasteiger partial charge in [-0.2, -0.15) is 15.3 Å². The van der Waals surface area contributed by atoms with Crippen LogP contribution in [0.4, 0.5) is 0 Å². The van der Waals surface area contributed by atoms with E-state index in [9.17, 15) is 4.79 Å². The Balaban J connectivity index is 2.18. The van der Waals surface area contributed by atoms with Crippen molar-refractivity contribution < 1.29 is 4.79 Å². The van der Waals surface area contributed by atoms with Crippen LogP contribution >= 0.6 is 0 Å². The first-order valence-electron chi connectivity index (χ1n) is 6.35. The Morgan fingerprint density at radius 2 is 2.05 bits per heavy atom. The van der Waals surface area contributed by atoms with E-state index in [1.54, 1.807) is 13.0 Å². The van der Waals surface area contributed by atoms with Gasteiger partial charge in [-0.3, -0.25) is 9.48 Å². The number of carbonyl (C=O) groups is 1. The molecule has 2 rings (SSSR count). The third-order valence-corrected chi connectivity index (χ3v) is 2.94. The molecule has 0 atom stereocenters. The molecule has 0 bridgehead atoms. The van der Waals surface area contributed by atoms with E-state index in [4.69, 9.17) is 0 Å². The summed E-state index contributed by atoms with van der Waals surface area (Å²) in [5.41, 5.74) is 2.83. The number of nitrogens with zero attached hydrogens (tertiary/aromatic N) is 4. The van der Waals surface area contributed by atoms with Gasteiger partial charge in [-0.1, -0.05) is 0 Å². The summed E-state index contributed by atoms with van der Waals surface area (Å²) in [6.45, 7) is 7.74. The fraction of sp³-hybridized carbons (Fsp3) is 0.429. The number of aryl methyl sites for hydroxylation is 2. The molecule has 0 saturated heterocycles. The van der Waals surface area contributed by atoms with Crippen LogP contribution in [0, 0.1) is 13.8 Å². The SMILES string of the molecule is Cc1cc(C(=O)Cc2ccn(C(C)C)n2)c(C)nn1. The predicted molar refractivity (Wildman–Crippen MR) is 72.2 cm³/mol. The molecular formula is C14H18N4O. The molecule has 0 unspecified atom stereocenters. The zero-order chi connectivity index (χ0) is 14.0. The summed E-state index contributed by atoms with van der Waals surface area (Å²) in [5.74, 6) is 0.0320. The van der Waals surface area contributed by atoms with E-state index in [2.05, 4.69) is 29.1 Å². The lowest BCUT2D eigenvalue weighted by Crippen LogP contribution is -2.10. The molecular weight excluding hydrogens is 240 g/mol. The Morgan fingerprint density at radius 1 is 1.32 bits per heavy atom. The highest BCUT2D eigenvalue weighted by Gasteiger charge is 2.13. The van der Waals surface area contributed by atoms with Gasteiger partial charge in [0.25, 0.3) is 0 Å². The highest BCUT2D eigenvalue weighted by atomic mass is 16.1. The number of hydrogen-bond donors (Lipinski definition) is 0. The summed E-state index contributed by atoms with van der Waals surface area (Å²) in [7, 11) is 0. The van der Waals surface area contributed by atoms with Crippen LogP contribution in [0.5, 0.6) is 0 Å². The molecule has 0 aliphatic rings. The number of Topliss-reactive ketones (excluding diaryl/α,β-unsaturated/α-hetero) is 1. The van der Waals surface area contributed by atoms with Crippen molar-refractivity contribution in [2.75, 3.05) is 0 Å². The first kappa shape index (κ1) is 13.4. The van der Waals surface area contributed by atoms with Gasteiger partial charge in [0.05, 0.1) is 23.5 Å². The second-order valence-electron chi connectivity index (χ2n) is 4.97. The van der Waals surface area contributed by atoms with Gasteiger partial charge in [-0.15, -0.1) is 0 Å². The fourth-order valence-electron chi connectivity index (χ4n) is 1.85. The van der Waals surface area contributed by atoms with E-state index < -0.39 is 0 Å². The van der Waals surface area contributed by atoms with Gasteiger partial charge < -0.3 is 0 Å². The first-order chi connectivity index (χ1) is 8.97. The molecule has 0 aromatic carbocycles. The van der Waals surface area contributed by atoms with Crippen molar-refractivity contribution >= 4 is 5.78 Å². The first-order valence-corrected chi connectivity index (χ1v) is 6.35. The Kier molecular flexibility index (Phi) is 3.74. The lowest BCUT2D eigenvalue weighted by atomic mass is 10.1. The molecule has 19 heavy (non-hydrogen) atoms. The lowest BCUT2D eigenvalue weighted by molar-refractivity contribution is 0.0990. The third kappa shape index (κ3) is 3.05. The largest absolute Gasteiger partial charge is 0.294 e. The molecule has 0 fully saturated rings. The van der Waals surface area contributed by atoms with Gasteiger partial charge in [0, 0.05) is 17.8 Å². The minimum absolute atomic E-state index is 0.0320. The molecule has 0 N–H and O–H groups in total. The quantitative estimate of drug-likeness (QED) is 0.789. The smallest absolute Gasteiger partial charge is 0.170 e. The molecule has 0 amide bonds. The minimum atomic E-state index is 0.0320. The molecule has 0 aliphatic carbocycles. The van der Waals surface area contributed by atoms with Crippen molar-refractivity contribution in [1.29, 1.82) is 0 Å². The average molecular weight is 258 g/mol. The third-order valence-electron chi connectivity index (χ3n) is 2.94. The summed E-state index contributed by atoms with van der Waals surface area (Å²) in [6.07, 6.45) is 2.20. The molecule has 100 valence electrons. The second kappa shape index (κ2) is 5.30. The molecule has 0 saturated carbocycles. The van der Waals surface area contributed by atoms with Crippen LogP contribution in [0.1, 0.15) is 47.3 Å². The van der Waals surface area contributed by atoms with Crippen molar-refractivity contribution in [3.05, 3.63) is 41.0 Å². The van der Waals surface area contributed by atoms with E-state index >= 15 is 0 Å². The number of rotatable bonds is 4. The van der Waals surface area contributed by atoms with Crippen molar-refractivity contribution in [2.24, 2.45) is 0 Å². The van der Waals surface area contributed by atoms with Crippen molar-refractivity contribution in [2.45, 2.75) is 40.2 Å². The highest BCUT2D eigenvalue weighted by Crippen LogP contribution is 2.11. The summed E-state index contributed by atoms with van der Waals surface area (Å²) in [4.78, 5) is 12.2. The van der Waals surface area contributed by atoms with Crippen LogP contribution < -0.4 is 0 Å². The topological polar surface area (TPSA) is 60.7 Å². The Bertz CT molecular complexity index is 601. The molecule has 0 radical (unpaired) electrons. The van der Waals surface area contributed by atoms with Gasteiger partial charge in [0.1, 0.15) is 0 Å². The van der Waals surface area contributed by atoms with Gasteiger partial charge in [0.2, 0.25) is 0 Å². The molecule has 5 nitrogen and oxygen atoms in total. The van der Waals surface area contributed by atoms with Crippen molar-refractivity contribution in [1.82, 2.24) is 20.0 Å². The summed E-state index contributed by atoms with van der Waals surface area (Å²) < 4.78 is 1.85. The monoisotopic (exact) mass is 258 g/mol. The molecule has 5 heteroatoms. The summed E-state index contributed by atoms with van der Waals surface area (Å²) >= 11 is 0. The zero-order valence-corrected chi connectivity index (χ0v) is 11.7. The van der Waals surface area contributed by atoms with Gasteiger partial charge in [-0.25, -0.2) is 0 Å². The van der Waals surface area contributed by atoms with Crippen LogP contribution in [-0.4, -0.2) is 25.8 Å². The maximum absolute atomic E-state index is 12.2. The van der Waals surface area contributed by atoms with E-state index in [1.165, 1.54) is 0 Å². The molecule has 2 aromatic heterocycles. The number of hydrogen-bond acceptors (Lipinski definition) is 4. The van der Waals surface area contributed by atoms with Crippen LogP contribution in [0.3, 0.4) is 0 Å². The Labute approximate surface area is 112 Å². The normalized spacial score (nSPS) is 11.0. The van der Waals surface area contributed by atoms with Gasteiger partial charge in [0.15, 0.2) is 5.78 Å². The van der Waals surface area contributed by atoms with Crippen LogP contribution in [-0.2, 0) is 6.42 Å². The fourth-order valence-corrected chi connectivity index (χ4v) is 1.85. The van der Waals surface area contributed by atoms with E-state index in [0.29, 0.717) is 23.7 Å². The average Bonchev–Trinajstić information content (AvgIpc) is 2.80. The van der Waals surface area contributed by atoms with Crippen molar-refractivity contribution in [3.8, 4) is 0 Å². The predicted octanol–water partition coefficient (Wildman–Crippen LogP) is 2.30. The number of ketones is 1. The Hall–Kier alpha value is -2.04. The maximum atomic E-state index is 12.2. The zero-order valence-electron chi connectivity index (χ0n) is 11.7. The second-order valence-corrected chi connectivity index (χ2v) is 4.97. The van der Waals surface area contributed by atoms with E-state index in [-0.39, 0.29) is 5.78 Å². The summed E-state index contributed by atoms with van der Waals surface area (Å²) in [5, 5.41) is 12.3. The highest BCUT2D eigenvalue weighted by molar-refractivity contribution is 5.98. The van der Waals surface area contributed by atoms with Crippen molar-refractivity contribution in [3.63, 3.8) is 0 Å². The van der Waals surface area contributed by atoms with Crippen LogP contribution in [0.25, 0.3) is 0 Å². The van der Waals surface area contributed by atoms with Gasteiger partial charge >= 0.3 is 0 Å². The minimum Gasteiger partial charge on any atom is -0.294 e. The molecule has 2 aromatic rings. The van der Waals surface area contributed by atoms with E-state index in [0.717, 1.165) is 11.4 Å². The van der Waals surface area contributed by atoms with Gasteiger partial charge in [-0.05, 0) is 39.8 Å². The number of carbonyl (C=O) groups excluding carboxylic acids is 1. The standard InChI is InChI=1S/C14H18N4O/c1-9(2)18-6-5-12(17-18)8-14(19)13-7-10(3)15-16-11(13)4/h5-7,9H,8H2,1-4H3. The summed E-state index contributed by atoms with van der Waals surface area (Å²) in [6, 6.07) is 3.97. The van der Waals surface area contributed by atoms with Crippen LogP contribution in [0.2, 0.25) is 0 Å².